The average molecular weight is 221 g/mol. The second-order valence-corrected chi connectivity index (χ2v) is 4.57. The molecule has 4 heteroatoms. The summed E-state index contributed by atoms with van der Waals surface area (Å²) in [5.74, 6) is -0.223. The van der Waals surface area contributed by atoms with Gasteiger partial charge in [0.25, 0.3) is 0 Å². The number of unbranched alkanes of at least 4 members (excludes halogenated alkanes) is 1. The van der Waals surface area contributed by atoms with Crippen LogP contribution in [0.3, 0.4) is 0 Å². The van der Waals surface area contributed by atoms with Crippen LogP contribution in [-0.4, -0.2) is 16.8 Å². The summed E-state index contributed by atoms with van der Waals surface area (Å²) in [7, 11) is 0. The molecule has 0 radical (unpaired) electrons. The minimum Gasteiger partial charge on any atom is -0.460 e. The number of hydrogen-bond donors (Lipinski definition) is 0. The summed E-state index contributed by atoms with van der Waals surface area (Å²) in [6.45, 7) is 5.48. The average Bonchev–Trinajstić information content (AvgIpc) is 1.94. The summed E-state index contributed by atoms with van der Waals surface area (Å²) < 4.78 is 5.09. The van der Waals surface area contributed by atoms with Gasteiger partial charge in [-0.15, -0.1) is 0 Å². The molecule has 0 aliphatic carbocycles. The molecule has 0 atom stereocenters. The predicted octanol–water partition coefficient (Wildman–Crippen LogP) is 2.65. The first-order valence-corrected chi connectivity index (χ1v) is 5.09. The standard InChI is InChI=1S/C10H17ClO3/c1-10(2,3)14-9(13)7-5-4-6-8(11)12/h4-7H2,1-3H3. The Labute approximate surface area is 89.8 Å². The van der Waals surface area contributed by atoms with Crippen molar-refractivity contribution >= 4 is 22.8 Å². The van der Waals surface area contributed by atoms with Crippen molar-refractivity contribution in [3.63, 3.8) is 0 Å². The molecule has 0 unspecified atom stereocenters. The monoisotopic (exact) mass is 220 g/mol. The van der Waals surface area contributed by atoms with Crippen LogP contribution in [0.25, 0.3) is 0 Å². The zero-order valence-corrected chi connectivity index (χ0v) is 9.69. The van der Waals surface area contributed by atoms with Gasteiger partial charge in [0.05, 0.1) is 0 Å². The Morgan fingerprint density at radius 1 is 1.14 bits per heavy atom. The van der Waals surface area contributed by atoms with Crippen LogP contribution in [0.5, 0.6) is 0 Å². The maximum atomic E-state index is 11.2. The highest BCUT2D eigenvalue weighted by atomic mass is 35.5. The number of halogens is 1. The first kappa shape index (κ1) is 13.4. The fraction of sp³-hybridized carbons (Fsp3) is 0.800. The topological polar surface area (TPSA) is 43.4 Å². The Kier molecular flexibility index (Phi) is 5.77. The van der Waals surface area contributed by atoms with Crippen LogP contribution >= 0.6 is 11.6 Å². The van der Waals surface area contributed by atoms with Crippen molar-refractivity contribution in [2.45, 2.75) is 52.1 Å². The van der Waals surface area contributed by atoms with Gasteiger partial charge in [0.2, 0.25) is 5.24 Å². The Bertz CT molecular complexity index is 206. The predicted molar refractivity (Wildman–Crippen MR) is 55.2 cm³/mol. The van der Waals surface area contributed by atoms with Gasteiger partial charge >= 0.3 is 5.97 Å². The number of ether oxygens (including phenoxy) is 1. The van der Waals surface area contributed by atoms with Gasteiger partial charge in [-0.3, -0.25) is 9.59 Å². The van der Waals surface area contributed by atoms with E-state index < -0.39 is 5.60 Å². The van der Waals surface area contributed by atoms with Gasteiger partial charge in [-0.2, -0.15) is 0 Å². The first-order valence-electron chi connectivity index (χ1n) is 4.71. The van der Waals surface area contributed by atoms with Gasteiger partial charge < -0.3 is 4.74 Å². The third kappa shape index (κ3) is 9.52. The third-order valence-corrected chi connectivity index (χ3v) is 1.61. The van der Waals surface area contributed by atoms with E-state index in [0.29, 0.717) is 25.7 Å². The maximum Gasteiger partial charge on any atom is 0.306 e. The third-order valence-electron chi connectivity index (χ3n) is 1.42. The minimum atomic E-state index is -0.431. The van der Waals surface area contributed by atoms with E-state index in [2.05, 4.69) is 0 Å². The second kappa shape index (κ2) is 6.02. The zero-order chi connectivity index (χ0) is 11.2. The molecule has 14 heavy (non-hydrogen) atoms. The molecule has 0 aromatic rings. The SMILES string of the molecule is CC(C)(C)OC(=O)CCCCC(=O)Cl. The van der Waals surface area contributed by atoms with Gasteiger partial charge in [-0.1, -0.05) is 0 Å². The van der Waals surface area contributed by atoms with E-state index in [4.69, 9.17) is 16.3 Å². The van der Waals surface area contributed by atoms with Crippen LogP contribution in [0.15, 0.2) is 0 Å². The number of hydrogen-bond acceptors (Lipinski definition) is 3. The summed E-state index contributed by atoms with van der Waals surface area (Å²) in [6, 6.07) is 0. The van der Waals surface area contributed by atoms with Crippen molar-refractivity contribution in [1.29, 1.82) is 0 Å². The number of esters is 1. The number of carbonyl (C=O) groups is 2. The summed E-state index contributed by atoms with van der Waals surface area (Å²) in [6.07, 6.45) is 1.96. The van der Waals surface area contributed by atoms with E-state index in [0.717, 1.165) is 0 Å². The van der Waals surface area contributed by atoms with Gasteiger partial charge in [-0.05, 0) is 45.2 Å². The van der Waals surface area contributed by atoms with Crippen molar-refractivity contribution < 1.29 is 14.3 Å². The number of carbonyl (C=O) groups excluding carboxylic acids is 2. The van der Waals surface area contributed by atoms with Crippen LogP contribution in [-0.2, 0) is 14.3 Å². The van der Waals surface area contributed by atoms with Crippen molar-refractivity contribution in [2.75, 3.05) is 0 Å². The van der Waals surface area contributed by atoms with Crippen LogP contribution in [0.2, 0.25) is 0 Å². The summed E-state index contributed by atoms with van der Waals surface area (Å²) >= 11 is 5.14. The Hall–Kier alpha value is -0.570. The van der Waals surface area contributed by atoms with Crippen LogP contribution in [0.1, 0.15) is 46.5 Å². The molecule has 0 saturated heterocycles. The molecule has 3 nitrogen and oxygen atoms in total. The van der Waals surface area contributed by atoms with Gasteiger partial charge in [0, 0.05) is 12.8 Å². The van der Waals surface area contributed by atoms with E-state index in [9.17, 15) is 9.59 Å². The molecule has 0 aliphatic rings. The lowest BCUT2D eigenvalue weighted by molar-refractivity contribution is -0.155. The van der Waals surface area contributed by atoms with Crippen molar-refractivity contribution in [3.05, 3.63) is 0 Å². The molecule has 0 N–H and O–H groups in total. The van der Waals surface area contributed by atoms with E-state index in [1.165, 1.54) is 0 Å². The lowest BCUT2D eigenvalue weighted by Gasteiger charge is -2.19. The van der Waals surface area contributed by atoms with Crippen LogP contribution < -0.4 is 0 Å². The van der Waals surface area contributed by atoms with E-state index in [-0.39, 0.29) is 11.2 Å². The maximum absolute atomic E-state index is 11.2. The van der Waals surface area contributed by atoms with Crippen LogP contribution in [0, 0.1) is 0 Å². The number of rotatable bonds is 5. The Morgan fingerprint density at radius 3 is 2.07 bits per heavy atom. The molecule has 0 aromatic carbocycles. The van der Waals surface area contributed by atoms with E-state index in [1.807, 2.05) is 20.8 Å². The van der Waals surface area contributed by atoms with Gasteiger partial charge in [0.15, 0.2) is 0 Å². The quantitative estimate of drug-likeness (QED) is 0.407. The minimum absolute atomic E-state index is 0.223. The zero-order valence-electron chi connectivity index (χ0n) is 8.93. The molecule has 0 aromatic heterocycles. The van der Waals surface area contributed by atoms with E-state index >= 15 is 0 Å². The highest BCUT2D eigenvalue weighted by Gasteiger charge is 2.15. The van der Waals surface area contributed by atoms with E-state index in [1.54, 1.807) is 0 Å². The molecule has 0 spiro atoms. The highest BCUT2D eigenvalue weighted by molar-refractivity contribution is 6.63. The normalized spacial score (nSPS) is 11.1. The summed E-state index contributed by atoms with van der Waals surface area (Å²) in [5, 5.41) is -0.353. The molecule has 0 fully saturated rings. The molecular weight excluding hydrogens is 204 g/mol. The lowest BCUT2D eigenvalue weighted by Crippen LogP contribution is -2.23. The van der Waals surface area contributed by atoms with Crippen LogP contribution in [0.4, 0.5) is 0 Å². The largest absolute Gasteiger partial charge is 0.460 e. The fourth-order valence-electron chi connectivity index (χ4n) is 0.926. The van der Waals surface area contributed by atoms with Gasteiger partial charge in [-0.25, -0.2) is 0 Å². The van der Waals surface area contributed by atoms with Crippen molar-refractivity contribution in [1.82, 2.24) is 0 Å². The molecule has 0 rings (SSSR count). The molecule has 0 heterocycles. The lowest BCUT2D eigenvalue weighted by atomic mass is 10.1. The summed E-state index contributed by atoms with van der Waals surface area (Å²) in [4.78, 5) is 21.5. The molecule has 0 amide bonds. The first-order chi connectivity index (χ1) is 6.31. The van der Waals surface area contributed by atoms with Crippen molar-refractivity contribution in [2.24, 2.45) is 0 Å². The molecule has 0 aliphatic heterocycles. The Balaban J connectivity index is 3.50. The highest BCUT2D eigenvalue weighted by Crippen LogP contribution is 2.10. The van der Waals surface area contributed by atoms with Gasteiger partial charge in [0.1, 0.15) is 5.60 Å². The molecule has 0 saturated carbocycles. The van der Waals surface area contributed by atoms with Crippen molar-refractivity contribution in [3.8, 4) is 0 Å². The smallest absolute Gasteiger partial charge is 0.306 e. The fourth-order valence-corrected chi connectivity index (χ4v) is 1.06. The molecular formula is C10H17ClO3. The second-order valence-electron chi connectivity index (χ2n) is 4.15. The molecule has 82 valence electrons. The Morgan fingerprint density at radius 2 is 1.64 bits per heavy atom. The molecule has 0 bridgehead atoms. The summed E-state index contributed by atoms with van der Waals surface area (Å²) in [5.41, 5.74) is -0.431.